The summed E-state index contributed by atoms with van der Waals surface area (Å²) in [5.41, 5.74) is 0.630. The van der Waals surface area contributed by atoms with Gasteiger partial charge in [-0.25, -0.2) is 4.39 Å². The first kappa shape index (κ1) is 7.22. The molecule has 0 spiro atoms. The van der Waals surface area contributed by atoms with Crippen LogP contribution in [0.3, 0.4) is 0 Å². The SMILES string of the molecule is O[C@@H](CF)c1ccccc1. The normalized spacial score (nSPS) is 13.0. The minimum Gasteiger partial charge on any atom is -0.386 e. The Labute approximate surface area is 59.1 Å². The van der Waals surface area contributed by atoms with E-state index in [0.717, 1.165) is 0 Å². The van der Waals surface area contributed by atoms with E-state index < -0.39 is 12.8 Å². The Kier molecular flexibility index (Phi) is 2.40. The second kappa shape index (κ2) is 3.32. The van der Waals surface area contributed by atoms with E-state index in [1.807, 2.05) is 6.07 Å². The molecule has 1 nitrogen and oxygen atoms in total. The Morgan fingerprint density at radius 2 is 1.90 bits per heavy atom. The molecule has 10 heavy (non-hydrogen) atoms. The average Bonchev–Trinajstić information content (AvgIpc) is 2.05. The van der Waals surface area contributed by atoms with Gasteiger partial charge in [0.25, 0.3) is 0 Å². The van der Waals surface area contributed by atoms with E-state index >= 15 is 0 Å². The number of rotatable bonds is 2. The summed E-state index contributed by atoms with van der Waals surface area (Å²) in [5, 5.41) is 8.95. The summed E-state index contributed by atoms with van der Waals surface area (Å²) in [6.07, 6.45) is -0.957. The van der Waals surface area contributed by atoms with Crippen molar-refractivity contribution < 1.29 is 9.50 Å². The van der Waals surface area contributed by atoms with Gasteiger partial charge in [0.05, 0.1) is 0 Å². The second-order valence-electron chi connectivity index (χ2n) is 2.08. The lowest BCUT2D eigenvalue weighted by molar-refractivity contribution is 0.142. The molecule has 1 aromatic rings. The molecule has 1 N–H and O–H groups in total. The summed E-state index contributed by atoms with van der Waals surface area (Å²) in [5.74, 6) is 0. The van der Waals surface area contributed by atoms with Gasteiger partial charge in [-0.3, -0.25) is 0 Å². The molecule has 0 aliphatic rings. The van der Waals surface area contributed by atoms with Crippen molar-refractivity contribution in [2.75, 3.05) is 6.67 Å². The van der Waals surface area contributed by atoms with Crippen LogP contribution < -0.4 is 0 Å². The Hall–Kier alpha value is -0.890. The molecule has 0 bridgehead atoms. The van der Waals surface area contributed by atoms with E-state index in [0.29, 0.717) is 5.56 Å². The van der Waals surface area contributed by atoms with Crippen molar-refractivity contribution in [1.82, 2.24) is 0 Å². The average molecular weight is 140 g/mol. The monoisotopic (exact) mass is 140 g/mol. The van der Waals surface area contributed by atoms with Crippen LogP contribution in [-0.2, 0) is 0 Å². The van der Waals surface area contributed by atoms with Crippen LogP contribution in [0.4, 0.5) is 4.39 Å². The highest BCUT2D eigenvalue weighted by Crippen LogP contribution is 2.11. The molecule has 1 atom stereocenters. The summed E-state index contributed by atoms with van der Waals surface area (Å²) >= 11 is 0. The lowest BCUT2D eigenvalue weighted by atomic mass is 10.1. The summed E-state index contributed by atoms with van der Waals surface area (Å²) < 4.78 is 11.8. The minimum atomic E-state index is -0.957. The van der Waals surface area contributed by atoms with Crippen LogP contribution >= 0.6 is 0 Å². The largest absolute Gasteiger partial charge is 0.386 e. The molecule has 1 aromatic carbocycles. The van der Waals surface area contributed by atoms with E-state index in [4.69, 9.17) is 5.11 Å². The van der Waals surface area contributed by atoms with E-state index in [1.165, 1.54) is 0 Å². The molecule has 0 saturated heterocycles. The van der Waals surface area contributed by atoms with Gasteiger partial charge in [-0.15, -0.1) is 0 Å². The van der Waals surface area contributed by atoms with Crippen LogP contribution in [0.2, 0.25) is 0 Å². The number of aliphatic hydroxyl groups is 1. The van der Waals surface area contributed by atoms with Gasteiger partial charge in [-0.1, -0.05) is 30.3 Å². The molecule has 0 aliphatic carbocycles. The van der Waals surface area contributed by atoms with Crippen LogP contribution in [-0.4, -0.2) is 11.8 Å². The molecule has 0 aromatic heterocycles. The zero-order chi connectivity index (χ0) is 7.40. The highest BCUT2D eigenvalue weighted by atomic mass is 19.1. The smallest absolute Gasteiger partial charge is 0.119 e. The Morgan fingerprint density at radius 3 is 2.40 bits per heavy atom. The first-order valence-corrected chi connectivity index (χ1v) is 3.13. The molecule has 0 aliphatic heterocycles. The first-order chi connectivity index (χ1) is 4.84. The number of hydrogen-bond acceptors (Lipinski definition) is 1. The highest BCUT2D eigenvalue weighted by molar-refractivity contribution is 5.16. The Balaban J connectivity index is 2.75. The van der Waals surface area contributed by atoms with Gasteiger partial charge in [-0.2, -0.15) is 0 Å². The van der Waals surface area contributed by atoms with Crippen molar-refractivity contribution in [1.29, 1.82) is 0 Å². The van der Waals surface area contributed by atoms with Crippen LogP contribution in [0.1, 0.15) is 11.7 Å². The van der Waals surface area contributed by atoms with Gasteiger partial charge >= 0.3 is 0 Å². The third-order valence-corrected chi connectivity index (χ3v) is 1.33. The molecular weight excluding hydrogens is 131 g/mol. The topological polar surface area (TPSA) is 20.2 Å². The van der Waals surface area contributed by atoms with Crippen LogP contribution in [0.5, 0.6) is 0 Å². The van der Waals surface area contributed by atoms with Gasteiger partial charge in [0.15, 0.2) is 0 Å². The van der Waals surface area contributed by atoms with Gasteiger partial charge in [0.1, 0.15) is 12.8 Å². The minimum absolute atomic E-state index is 0.630. The van der Waals surface area contributed by atoms with Crippen LogP contribution in [0, 0.1) is 0 Å². The fourth-order valence-electron chi connectivity index (χ4n) is 0.764. The van der Waals surface area contributed by atoms with Crippen LogP contribution in [0.15, 0.2) is 30.3 Å². The maximum atomic E-state index is 11.8. The molecule has 0 radical (unpaired) electrons. The zero-order valence-electron chi connectivity index (χ0n) is 5.50. The highest BCUT2D eigenvalue weighted by Gasteiger charge is 2.03. The van der Waals surface area contributed by atoms with Gasteiger partial charge in [0, 0.05) is 0 Å². The molecule has 0 fully saturated rings. The van der Waals surface area contributed by atoms with Gasteiger partial charge < -0.3 is 5.11 Å². The van der Waals surface area contributed by atoms with Crippen molar-refractivity contribution in [3.05, 3.63) is 35.9 Å². The van der Waals surface area contributed by atoms with E-state index in [9.17, 15) is 4.39 Å². The van der Waals surface area contributed by atoms with Crippen molar-refractivity contribution in [3.8, 4) is 0 Å². The molecule has 0 amide bonds. The number of alkyl halides is 1. The number of halogens is 1. The van der Waals surface area contributed by atoms with E-state index in [-0.39, 0.29) is 0 Å². The predicted octanol–water partition coefficient (Wildman–Crippen LogP) is 1.69. The van der Waals surface area contributed by atoms with Crippen molar-refractivity contribution in [2.24, 2.45) is 0 Å². The molecule has 2 heteroatoms. The summed E-state index contributed by atoms with van der Waals surface area (Å²) in [7, 11) is 0. The zero-order valence-corrected chi connectivity index (χ0v) is 5.50. The predicted molar refractivity (Wildman–Crippen MR) is 37.4 cm³/mol. The summed E-state index contributed by atoms with van der Waals surface area (Å²) in [6, 6.07) is 8.77. The van der Waals surface area contributed by atoms with E-state index in [1.54, 1.807) is 24.3 Å². The van der Waals surface area contributed by atoms with Gasteiger partial charge in [0.2, 0.25) is 0 Å². The third kappa shape index (κ3) is 1.54. The molecule has 54 valence electrons. The van der Waals surface area contributed by atoms with Crippen molar-refractivity contribution >= 4 is 0 Å². The van der Waals surface area contributed by atoms with E-state index in [2.05, 4.69) is 0 Å². The Bertz CT molecular complexity index is 186. The number of benzene rings is 1. The summed E-state index contributed by atoms with van der Waals surface area (Å²) in [6.45, 7) is -0.718. The van der Waals surface area contributed by atoms with Crippen LogP contribution in [0.25, 0.3) is 0 Å². The Morgan fingerprint density at radius 1 is 1.30 bits per heavy atom. The first-order valence-electron chi connectivity index (χ1n) is 3.13. The lowest BCUT2D eigenvalue weighted by Crippen LogP contribution is -1.97. The van der Waals surface area contributed by atoms with Crippen molar-refractivity contribution in [2.45, 2.75) is 6.10 Å². The number of aliphatic hydroxyl groups excluding tert-OH is 1. The molecule has 0 unspecified atom stereocenters. The molecule has 0 heterocycles. The second-order valence-corrected chi connectivity index (χ2v) is 2.08. The molecule has 1 rings (SSSR count). The maximum absolute atomic E-state index is 11.8. The lowest BCUT2D eigenvalue weighted by Gasteiger charge is -2.03. The fourth-order valence-corrected chi connectivity index (χ4v) is 0.764. The summed E-state index contributed by atoms with van der Waals surface area (Å²) in [4.78, 5) is 0. The fraction of sp³-hybridized carbons (Fsp3) is 0.250. The maximum Gasteiger partial charge on any atom is 0.119 e. The quantitative estimate of drug-likeness (QED) is 0.662. The van der Waals surface area contributed by atoms with Gasteiger partial charge in [-0.05, 0) is 5.56 Å². The number of hydrogen-bond donors (Lipinski definition) is 1. The molecular formula is C8H9FO. The van der Waals surface area contributed by atoms with Crippen molar-refractivity contribution in [3.63, 3.8) is 0 Å². The molecule has 0 saturated carbocycles. The third-order valence-electron chi connectivity index (χ3n) is 1.33. The standard InChI is InChI=1S/C8H9FO/c9-6-8(10)7-4-2-1-3-5-7/h1-5,8,10H,6H2/t8-/m0/s1.